The molecule has 1 atom stereocenters. The van der Waals surface area contributed by atoms with Gasteiger partial charge in [0.2, 0.25) is 0 Å². The minimum absolute atomic E-state index is 0.198. The molecule has 0 aliphatic carbocycles. The van der Waals surface area contributed by atoms with Gasteiger partial charge < -0.3 is 10.2 Å². The SMILES string of the molecule is Oc1cccc(CC(O)c2ccc(Cl)nc2)c1. The molecular formula is C13H12ClNO2. The van der Waals surface area contributed by atoms with E-state index in [0.717, 1.165) is 5.56 Å². The molecule has 88 valence electrons. The van der Waals surface area contributed by atoms with Crippen LogP contribution in [0.25, 0.3) is 0 Å². The summed E-state index contributed by atoms with van der Waals surface area (Å²) in [6.07, 6.45) is 1.33. The van der Waals surface area contributed by atoms with Crippen molar-refractivity contribution < 1.29 is 10.2 Å². The molecule has 2 aromatic rings. The molecule has 0 amide bonds. The number of hydrogen-bond donors (Lipinski definition) is 2. The van der Waals surface area contributed by atoms with Gasteiger partial charge in [-0.1, -0.05) is 29.8 Å². The van der Waals surface area contributed by atoms with E-state index >= 15 is 0 Å². The normalized spacial score (nSPS) is 12.4. The van der Waals surface area contributed by atoms with Crippen LogP contribution in [0.4, 0.5) is 0 Å². The molecule has 4 heteroatoms. The van der Waals surface area contributed by atoms with Crippen molar-refractivity contribution in [3.8, 4) is 5.75 Å². The van der Waals surface area contributed by atoms with E-state index in [1.807, 2.05) is 6.07 Å². The topological polar surface area (TPSA) is 53.4 Å². The number of aliphatic hydroxyl groups is 1. The first-order valence-corrected chi connectivity index (χ1v) is 5.60. The lowest BCUT2D eigenvalue weighted by atomic mass is 10.0. The van der Waals surface area contributed by atoms with Gasteiger partial charge in [-0.2, -0.15) is 0 Å². The third-order valence-electron chi connectivity index (χ3n) is 2.47. The summed E-state index contributed by atoms with van der Waals surface area (Å²) in [5.74, 6) is 0.198. The Morgan fingerprint density at radius 1 is 1.24 bits per heavy atom. The summed E-state index contributed by atoms with van der Waals surface area (Å²) in [6.45, 7) is 0. The molecule has 17 heavy (non-hydrogen) atoms. The summed E-state index contributed by atoms with van der Waals surface area (Å²) in [5, 5.41) is 19.7. The first-order valence-electron chi connectivity index (χ1n) is 5.22. The second kappa shape index (κ2) is 5.17. The smallest absolute Gasteiger partial charge is 0.129 e. The molecule has 1 heterocycles. The fourth-order valence-corrected chi connectivity index (χ4v) is 1.72. The molecular weight excluding hydrogens is 238 g/mol. The van der Waals surface area contributed by atoms with Gasteiger partial charge in [0.1, 0.15) is 10.9 Å². The summed E-state index contributed by atoms with van der Waals surface area (Å²) >= 11 is 5.67. The van der Waals surface area contributed by atoms with E-state index in [4.69, 9.17) is 11.6 Å². The van der Waals surface area contributed by atoms with Crippen LogP contribution in [0.1, 0.15) is 17.2 Å². The van der Waals surface area contributed by atoms with Crippen molar-refractivity contribution in [1.29, 1.82) is 0 Å². The van der Waals surface area contributed by atoms with E-state index in [0.29, 0.717) is 17.1 Å². The third kappa shape index (κ3) is 3.19. The monoisotopic (exact) mass is 249 g/mol. The van der Waals surface area contributed by atoms with Gasteiger partial charge in [0.25, 0.3) is 0 Å². The minimum Gasteiger partial charge on any atom is -0.508 e. The molecule has 1 aromatic carbocycles. The molecule has 0 bridgehead atoms. The summed E-state index contributed by atoms with van der Waals surface area (Å²) in [7, 11) is 0. The Bertz CT molecular complexity index is 499. The van der Waals surface area contributed by atoms with Gasteiger partial charge in [-0.15, -0.1) is 0 Å². The largest absolute Gasteiger partial charge is 0.508 e. The minimum atomic E-state index is -0.651. The predicted octanol–water partition coefficient (Wildman–Crippen LogP) is 2.72. The maximum atomic E-state index is 9.99. The summed E-state index contributed by atoms with van der Waals surface area (Å²) < 4.78 is 0. The number of aromatic hydroxyl groups is 1. The number of phenolic OH excluding ortho intramolecular Hbond substituents is 1. The quantitative estimate of drug-likeness (QED) is 0.823. The Kier molecular flexibility index (Phi) is 3.61. The van der Waals surface area contributed by atoms with Gasteiger partial charge in [0, 0.05) is 12.6 Å². The molecule has 2 rings (SSSR count). The van der Waals surface area contributed by atoms with E-state index in [1.165, 1.54) is 0 Å². The first kappa shape index (κ1) is 11.9. The van der Waals surface area contributed by atoms with E-state index in [9.17, 15) is 10.2 Å². The Morgan fingerprint density at radius 2 is 2.06 bits per heavy atom. The first-order chi connectivity index (χ1) is 8.15. The average Bonchev–Trinajstić information content (AvgIpc) is 2.29. The van der Waals surface area contributed by atoms with Crippen LogP contribution in [0.3, 0.4) is 0 Å². The van der Waals surface area contributed by atoms with Crippen molar-refractivity contribution in [3.63, 3.8) is 0 Å². The molecule has 0 radical (unpaired) electrons. The van der Waals surface area contributed by atoms with E-state index in [2.05, 4.69) is 4.98 Å². The Hall–Kier alpha value is -1.58. The number of halogens is 1. The maximum absolute atomic E-state index is 9.99. The van der Waals surface area contributed by atoms with Crippen LogP contribution < -0.4 is 0 Å². The van der Waals surface area contributed by atoms with Crippen molar-refractivity contribution >= 4 is 11.6 Å². The van der Waals surface area contributed by atoms with Crippen LogP contribution in [-0.2, 0) is 6.42 Å². The predicted molar refractivity (Wildman–Crippen MR) is 66.0 cm³/mol. The number of nitrogens with zero attached hydrogens (tertiary/aromatic N) is 1. The number of phenols is 1. The van der Waals surface area contributed by atoms with Crippen LogP contribution in [0.2, 0.25) is 5.15 Å². The zero-order valence-corrected chi connectivity index (χ0v) is 9.80. The fourth-order valence-electron chi connectivity index (χ4n) is 1.61. The molecule has 3 nitrogen and oxygen atoms in total. The van der Waals surface area contributed by atoms with Gasteiger partial charge in [-0.25, -0.2) is 4.98 Å². The molecule has 0 aliphatic rings. The molecule has 1 unspecified atom stereocenters. The Labute approximate surface area is 104 Å². The van der Waals surface area contributed by atoms with E-state index in [-0.39, 0.29) is 5.75 Å². The van der Waals surface area contributed by atoms with Gasteiger partial charge >= 0.3 is 0 Å². The standard InChI is InChI=1S/C13H12ClNO2/c14-13-5-4-10(8-15-13)12(17)7-9-2-1-3-11(16)6-9/h1-6,8,12,16-17H,7H2. The van der Waals surface area contributed by atoms with Crippen molar-refractivity contribution in [1.82, 2.24) is 4.98 Å². The van der Waals surface area contributed by atoms with E-state index in [1.54, 1.807) is 36.5 Å². The highest BCUT2D eigenvalue weighted by Gasteiger charge is 2.09. The second-order valence-electron chi connectivity index (χ2n) is 3.80. The Morgan fingerprint density at radius 3 is 2.71 bits per heavy atom. The zero-order chi connectivity index (χ0) is 12.3. The molecule has 0 spiro atoms. The van der Waals surface area contributed by atoms with Gasteiger partial charge in [-0.3, -0.25) is 0 Å². The molecule has 1 aromatic heterocycles. The zero-order valence-electron chi connectivity index (χ0n) is 9.05. The maximum Gasteiger partial charge on any atom is 0.129 e. The highest BCUT2D eigenvalue weighted by Crippen LogP contribution is 2.20. The summed E-state index contributed by atoms with van der Waals surface area (Å²) in [6, 6.07) is 10.2. The van der Waals surface area contributed by atoms with Crippen molar-refractivity contribution in [2.45, 2.75) is 12.5 Å². The van der Waals surface area contributed by atoms with Gasteiger partial charge in [0.05, 0.1) is 6.10 Å². The molecule has 2 N–H and O–H groups in total. The fraction of sp³-hybridized carbons (Fsp3) is 0.154. The van der Waals surface area contributed by atoms with Crippen LogP contribution in [0.15, 0.2) is 42.6 Å². The Balaban J connectivity index is 2.11. The molecule has 0 saturated carbocycles. The number of rotatable bonds is 3. The molecule has 0 fully saturated rings. The highest BCUT2D eigenvalue weighted by molar-refractivity contribution is 6.29. The van der Waals surface area contributed by atoms with Crippen molar-refractivity contribution in [3.05, 3.63) is 58.9 Å². The number of aromatic nitrogens is 1. The van der Waals surface area contributed by atoms with E-state index < -0.39 is 6.10 Å². The van der Waals surface area contributed by atoms with Crippen LogP contribution in [-0.4, -0.2) is 15.2 Å². The highest BCUT2D eigenvalue weighted by atomic mass is 35.5. The van der Waals surface area contributed by atoms with Crippen LogP contribution >= 0.6 is 11.6 Å². The van der Waals surface area contributed by atoms with Gasteiger partial charge in [0.15, 0.2) is 0 Å². The molecule has 0 aliphatic heterocycles. The third-order valence-corrected chi connectivity index (χ3v) is 2.70. The number of aliphatic hydroxyl groups excluding tert-OH is 1. The summed E-state index contributed by atoms with van der Waals surface area (Å²) in [4.78, 5) is 3.92. The number of benzene rings is 1. The van der Waals surface area contributed by atoms with Crippen LogP contribution in [0.5, 0.6) is 5.75 Å². The average molecular weight is 250 g/mol. The lowest BCUT2D eigenvalue weighted by Gasteiger charge is -2.10. The van der Waals surface area contributed by atoms with Gasteiger partial charge in [-0.05, 0) is 29.3 Å². The molecule has 0 saturated heterocycles. The summed E-state index contributed by atoms with van der Waals surface area (Å²) in [5.41, 5.74) is 1.57. The van der Waals surface area contributed by atoms with Crippen LogP contribution in [0, 0.1) is 0 Å². The lowest BCUT2D eigenvalue weighted by Crippen LogP contribution is -2.02. The lowest BCUT2D eigenvalue weighted by molar-refractivity contribution is 0.178. The number of hydrogen-bond acceptors (Lipinski definition) is 3. The van der Waals surface area contributed by atoms with Crippen molar-refractivity contribution in [2.24, 2.45) is 0 Å². The second-order valence-corrected chi connectivity index (χ2v) is 4.19. The number of pyridine rings is 1. The van der Waals surface area contributed by atoms with Crippen molar-refractivity contribution in [2.75, 3.05) is 0 Å².